The SMILES string of the molecule is O=C(CNc1ccccc1)c1ccc(-n2nncc2-c2cccs2)cc1. The Balaban J connectivity index is 1.49. The first-order valence-electron chi connectivity index (χ1n) is 8.18. The molecule has 0 fully saturated rings. The fraction of sp³-hybridized carbons (Fsp3) is 0.0500. The van der Waals surface area contributed by atoms with Crippen LogP contribution in [0.15, 0.2) is 78.3 Å². The monoisotopic (exact) mass is 360 g/mol. The molecule has 128 valence electrons. The fourth-order valence-corrected chi connectivity index (χ4v) is 3.37. The number of carbonyl (C=O) groups is 1. The number of carbonyl (C=O) groups excluding carboxylic acids is 1. The first-order chi connectivity index (χ1) is 12.8. The van der Waals surface area contributed by atoms with Crippen LogP contribution in [0.4, 0.5) is 5.69 Å². The van der Waals surface area contributed by atoms with Crippen molar-refractivity contribution in [1.29, 1.82) is 0 Å². The topological polar surface area (TPSA) is 59.8 Å². The summed E-state index contributed by atoms with van der Waals surface area (Å²) < 4.78 is 1.78. The van der Waals surface area contributed by atoms with Gasteiger partial charge in [0.2, 0.25) is 0 Å². The Bertz CT molecular complexity index is 992. The van der Waals surface area contributed by atoms with E-state index in [0.29, 0.717) is 5.56 Å². The van der Waals surface area contributed by atoms with Crippen molar-refractivity contribution >= 4 is 22.8 Å². The Morgan fingerprint density at radius 3 is 2.54 bits per heavy atom. The largest absolute Gasteiger partial charge is 0.378 e. The number of para-hydroxylation sites is 1. The number of ketones is 1. The zero-order chi connectivity index (χ0) is 17.8. The number of nitrogens with one attached hydrogen (secondary N) is 1. The van der Waals surface area contributed by atoms with Crippen LogP contribution in [-0.2, 0) is 0 Å². The van der Waals surface area contributed by atoms with Gasteiger partial charge in [-0.3, -0.25) is 4.79 Å². The highest BCUT2D eigenvalue weighted by Gasteiger charge is 2.11. The molecule has 0 spiro atoms. The van der Waals surface area contributed by atoms with Crippen molar-refractivity contribution in [3.8, 4) is 16.3 Å². The predicted molar refractivity (Wildman–Crippen MR) is 104 cm³/mol. The molecule has 6 heteroatoms. The average molecular weight is 360 g/mol. The van der Waals surface area contributed by atoms with Gasteiger partial charge in [-0.2, -0.15) is 0 Å². The Morgan fingerprint density at radius 2 is 1.81 bits per heavy atom. The van der Waals surface area contributed by atoms with Crippen LogP contribution in [-0.4, -0.2) is 27.3 Å². The molecule has 0 aliphatic carbocycles. The third-order valence-electron chi connectivity index (χ3n) is 3.98. The maximum Gasteiger partial charge on any atom is 0.181 e. The molecular formula is C20H16N4OS. The number of benzene rings is 2. The lowest BCUT2D eigenvalue weighted by Gasteiger charge is -2.08. The van der Waals surface area contributed by atoms with Gasteiger partial charge in [0.25, 0.3) is 0 Å². The van der Waals surface area contributed by atoms with Gasteiger partial charge in [0.1, 0.15) is 5.69 Å². The van der Waals surface area contributed by atoms with E-state index in [2.05, 4.69) is 15.6 Å². The number of hydrogen-bond donors (Lipinski definition) is 1. The second kappa shape index (κ2) is 7.33. The first kappa shape index (κ1) is 16.2. The summed E-state index contributed by atoms with van der Waals surface area (Å²) in [4.78, 5) is 13.5. The number of thiophene rings is 1. The molecule has 0 aliphatic rings. The minimum atomic E-state index is 0.0393. The van der Waals surface area contributed by atoms with E-state index in [1.807, 2.05) is 72.1 Å². The van der Waals surface area contributed by atoms with Crippen LogP contribution in [0.3, 0.4) is 0 Å². The summed E-state index contributed by atoms with van der Waals surface area (Å²) in [5.74, 6) is 0.0393. The maximum atomic E-state index is 12.4. The van der Waals surface area contributed by atoms with E-state index in [1.54, 1.807) is 22.2 Å². The number of aromatic nitrogens is 3. The minimum Gasteiger partial charge on any atom is -0.378 e. The van der Waals surface area contributed by atoms with Gasteiger partial charge < -0.3 is 5.32 Å². The molecule has 1 N–H and O–H groups in total. The lowest BCUT2D eigenvalue weighted by molar-refractivity contribution is 0.101. The summed E-state index contributed by atoms with van der Waals surface area (Å²) in [5, 5.41) is 13.3. The molecule has 0 bridgehead atoms. The Morgan fingerprint density at radius 1 is 1.00 bits per heavy atom. The number of Topliss-reactive ketones (excluding diaryl/α,β-unsaturated/α-hetero) is 1. The number of rotatable bonds is 6. The highest BCUT2D eigenvalue weighted by atomic mass is 32.1. The number of anilines is 1. The third kappa shape index (κ3) is 3.41. The van der Waals surface area contributed by atoms with Gasteiger partial charge in [0.05, 0.1) is 23.3 Å². The van der Waals surface area contributed by atoms with E-state index in [0.717, 1.165) is 21.9 Å². The summed E-state index contributed by atoms with van der Waals surface area (Å²) in [6.07, 6.45) is 1.74. The van der Waals surface area contributed by atoms with Gasteiger partial charge in [0.15, 0.2) is 5.78 Å². The molecule has 0 atom stereocenters. The molecule has 4 rings (SSSR count). The van der Waals surface area contributed by atoms with Gasteiger partial charge in [-0.05, 0) is 47.8 Å². The quantitative estimate of drug-likeness (QED) is 0.521. The van der Waals surface area contributed by atoms with Gasteiger partial charge >= 0.3 is 0 Å². The Labute approximate surface area is 154 Å². The standard InChI is InChI=1S/C20H16N4OS/c25-19(14-21-16-5-2-1-3-6-16)15-8-10-17(11-9-15)24-18(13-22-23-24)20-7-4-12-26-20/h1-13,21H,14H2. The zero-order valence-corrected chi connectivity index (χ0v) is 14.7. The van der Waals surface area contributed by atoms with Crippen molar-refractivity contribution < 1.29 is 4.79 Å². The molecular weight excluding hydrogens is 344 g/mol. The molecule has 5 nitrogen and oxygen atoms in total. The van der Waals surface area contributed by atoms with Crippen LogP contribution in [0.25, 0.3) is 16.3 Å². The van der Waals surface area contributed by atoms with Crippen LogP contribution in [0.5, 0.6) is 0 Å². The summed E-state index contributed by atoms with van der Waals surface area (Å²) in [7, 11) is 0. The van der Waals surface area contributed by atoms with E-state index in [4.69, 9.17) is 0 Å². The van der Waals surface area contributed by atoms with Gasteiger partial charge in [-0.1, -0.05) is 29.5 Å². The summed E-state index contributed by atoms with van der Waals surface area (Å²) in [6.45, 7) is 0.257. The average Bonchev–Trinajstić information content (AvgIpc) is 3.38. The molecule has 0 unspecified atom stereocenters. The molecule has 0 saturated carbocycles. The van der Waals surface area contributed by atoms with Crippen LogP contribution in [0.1, 0.15) is 10.4 Å². The van der Waals surface area contributed by atoms with Crippen molar-refractivity contribution in [2.45, 2.75) is 0 Å². The third-order valence-corrected chi connectivity index (χ3v) is 4.88. The summed E-state index contributed by atoms with van der Waals surface area (Å²) in [5.41, 5.74) is 3.40. The van der Waals surface area contributed by atoms with E-state index in [-0.39, 0.29) is 12.3 Å². The number of hydrogen-bond acceptors (Lipinski definition) is 5. The van der Waals surface area contributed by atoms with Crippen molar-refractivity contribution in [3.05, 3.63) is 83.9 Å². The van der Waals surface area contributed by atoms with Crippen LogP contribution in [0.2, 0.25) is 0 Å². The van der Waals surface area contributed by atoms with Crippen LogP contribution < -0.4 is 5.32 Å². The molecule has 2 aromatic carbocycles. The zero-order valence-electron chi connectivity index (χ0n) is 13.9. The van der Waals surface area contributed by atoms with E-state index in [1.165, 1.54) is 0 Å². The molecule has 0 radical (unpaired) electrons. The summed E-state index contributed by atoms with van der Waals surface area (Å²) >= 11 is 1.64. The summed E-state index contributed by atoms with van der Waals surface area (Å²) in [6, 6.07) is 21.2. The smallest absolute Gasteiger partial charge is 0.181 e. The number of nitrogens with zero attached hydrogens (tertiary/aromatic N) is 3. The van der Waals surface area contributed by atoms with Crippen molar-refractivity contribution in [2.75, 3.05) is 11.9 Å². The fourth-order valence-electron chi connectivity index (χ4n) is 2.65. The van der Waals surface area contributed by atoms with Gasteiger partial charge in [-0.25, -0.2) is 4.68 Å². The maximum absolute atomic E-state index is 12.4. The normalized spacial score (nSPS) is 10.6. The molecule has 0 aliphatic heterocycles. The molecule has 4 aromatic rings. The lowest BCUT2D eigenvalue weighted by Crippen LogP contribution is -2.14. The van der Waals surface area contributed by atoms with Crippen LogP contribution in [0, 0.1) is 0 Å². The predicted octanol–water partition coefficient (Wildman–Crippen LogP) is 4.29. The Hall–Kier alpha value is -3.25. The highest BCUT2D eigenvalue weighted by molar-refractivity contribution is 7.13. The Kier molecular flexibility index (Phi) is 4.57. The van der Waals surface area contributed by atoms with Crippen LogP contribution >= 0.6 is 11.3 Å². The van der Waals surface area contributed by atoms with E-state index >= 15 is 0 Å². The lowest BCUT2D eigenvalue weighted by atomic mass is 10.1. The first-order valence-corrected chi connectivity index (χ1v) is 9.06. The van der Waals surface area contributed by atoms with Gasteiger partial charge in [-0.15, -0.1) is 16.4 Å². The van der Waals surface area contributed by atoms with Crippen molar-refractivity contribution in [1.82, 2.24) is 15.0 Å². The molecule has 2 aromatic heterocycles. The van der Waals surface area contributed by atoms with Gasteiger partial charge in [0, 0.05) is 11.3 Å². The molecule has 0 saturated heterocycles. The highest BCUT2D eigenvalue weighted by Crippen LogP contribution is 2.25. The van der Waals surface area contributed by atoms with Crippen molar-refractivity contribution in [2.24, 2.45) is 0 Å². The minimum absolute atomic E-state index is 0.0393. The van der Waals surface area contributed by atoms with Crippen molar-refractivity contribution in [3.63, 3.8) is 0 Å². The second-order valence-electron chi connectivity index (χ2n) is 5.70. The molecule has 26 heavy (non-hydrogen) atoms. The van der Waals surface area contributed by atoms with E-state index in [9.17, 15) is 4.79 Å². The second-order valence-corrected chi connectivity index (χ2v) is 6.65. The molecule has 0 amide bonds. The van der Waals surface area contributed by atoms with E-state index < -0.39 is 0 Å². The molecule has 2 heterocycles.